The van der Waals surface area contributed by atoms with Crippen LogP contribution in [0, 0.1) is 5.92 Å². The lowest BCUT2D eigenvalue weighted by Gasteiger charge is -2.36. The molecule has 104 valence electrons. The molecule has 1 saturated carbocycles. The zero-order chi connectivity index (χ0) is 13.9. The monoisotopic (exact) mass is 263 g/mol. The van der Waals surface area contributed by atoms with Crippen LogP contribution in [0.25, 0.3) is 0 Å². The van der Waals surface area contributed by atoms with Crippen molar-refractivity contribution < 1.29 is 9.90 Å². The minimum atomic E-state index is -0.496. The van der Waals surface area contributed by atoms with Crippen LogP contribution in [0.3, 0.4) is 0 Å². The molecular formula is C14H21N3O2. The van der Waals surface area contributed by atoms with E-state index in [4.69, 9.17) is 5.73 Å². The van der Waals surface area contributed by atoms with Gasteiger partial charge in [-0.2, -0.15) is 0 Å². The van der Waals surface area contributed by atoms with Crippen molar-refractivity contribution >= 4 is 11.6 Å². The first kappa shape index (κ1) is 14.0. The van der Waals surface area contributed by atoms with Crippen LogP contribution in [0.15, 0.2) is 24.5 Å². The van der Waals surface area contributed by atoms with Gasteiger partial charge in [-0.15, -0.1) is 0 Å². The van der Waals surface area contributed by atoms with Crippen molar-refractivity contribution in [3.63, 3.8) is 0 Å². The number of carbonyl (C=O) groups is 1. The summed E-state index contributed by atoms with van der Waals surface area (Å²) in [5.74, 6) is 0.0985. The molecule has 0 aliphatic heterocycles. The van der Waals surface area contributed by atoms with Crippen molar-refractivity contribution in [2.45, 2.75) is 31.2 Å². The summed E-state index contributed by atoms with van der Waals surface area (Å²) in [6.45, 7) is -0.00758. The molecule has 5 heteroatoms. The summed E-state index contributed by atoms with van der Waals surface area (Å²) in [7, 11) is 1.77. The van der Waals surface area contributed by atoms with E-state index in [2.05, 4.69) is 4.98 Å². The molecule has 0 bridgehead atoms. The highest BCUT2D eigenvalue weighted by molar-refractivity contribution is 5.94. The van der Waals surface area contributed by atoms with Crippen LogP contribution in [-0.2, 0) is 4.79 Å². The van der Waals surface area contributed by atoms with E-state index in [-0.39, 0.29) is 18.4 Å². The first-order valence-electron chi connectivity index (χ1n) is 6.63. The average molecular weight is 263 g/mol. The predicted octanol–water partition coefficient (Wildman–Crippen LogP) is 0.924. The lowest BCUT2D eigenvalue weighted by molar-refractivity contribution is -0.123. The van der Waals surface area contributed by atoms with Crippen LogP contribution < -0.4 is 10.6 Å². The molecule has 1 aliphatic carbocycles. The molecular weight excluding hydrogens is 242 g/mol. The third-order valence-corrected chi connectivity index (χ3v) is 4.01. The average Bonchev–Trinajstić information content (AvgIpc) is 2.47. The Morgan fingerprint density at radius 2 is 2.26 bits per heavy atom. The second-order valence-electron chi connectivity index (χ2n) is 5.40. The van der Waals surface area contributed by atoms with Crippen molar-refractivity contribution in [2.24, 2.45) is 11.7 Å². The van der Waals surface area contributed by atoms with Crippen molar-refractivity contribution in [1.82, 2.24) is 4.98 Å². The van der Waals surface area contributed by atoms with Gasteiger partial charge in [0.05, 0.1) is 18.5 Å². The highest BCUT2D eigenvalue weighted by Gasteiger charge is 2.35. The molecule has 0 saturated heterocycles. The SMILES string of the molecule is CN(C(=O)C1CCC(N)(CO)CC1)c1cccnc1. The van der Waals surface area contributed by atoms with Gasteiger partial charge in [-0.3, -0.25) is 9.78 Å². The molecule has 5 nitrogen and oxygen atoms in total. The number of nitrogens with two attached hydrogens (primary N) is 1. The van der Waals surface area contributed by atoms with Crippen LogP contribution >= 0.6 is 0 Å². The number of aliphatic hydroxyl groups excluding tert-OH is 1. The fourth-order valence-electron chi connectivity index (χ4n) is 2.55. The fourth-order valence-corrected chi connectivity index (χ4v) is 2.55. The third-order valence-electron chi connectivity index (χ3n) is 4.01. The Morgan fingerprint density at radius 3 is 2.79 bits per heavy atom. The number of pyridine rings is 1. The van der Waals surface area contributed by atoms with Crippen molar-refractivity contribution in [3.8, 4) is 0 Å². The number of nitrogens with zero attached hydrogens (tertiary/aromatic N) is 2. The molecule has 1 amide bonds. The third kappa shape index (κ3) is 3.11. The molecule has 0 aromatic carbocycles. The summed E-state index contributed by atoms with van der Waals surface area (Å²) in [6.07, 6.45) is 6.23. The van der Waals surface area contributed by atoms with Crippen LogP contribution in [0.2, 0.25) is 0 Å². The van der Waals surface area contributed by atoms with Gasteiger partial charge in [0.1, 0.15) is 0 Å². The second-order valence-corrected chi connectivity index (χ2v) is 5.40. The topological polar surface area (TPSA) is 79.5 Å². The van der Waals surface area contributed by atoms with Gasteiger partial charge < -0.3 is 15.7 Å². The summed E-state index contributed by atoms with van der Waals surface area (Å²) in [4.78, 5) is 18.1. The quantitative estimate of drug-likeness (QED) is 0.850. The van der Waals surface area contributed by atoms with Gasteiger partial charge in [0.15, 0.2) is 0 Å². The summed E-state index contributed by atoms with van der Waals surface area (Å²) >= 11 is 0. The number of hydrogen-bond donors (Lipinski definition) is 2. The maximum atomic E-state index is 12.4. The Hall–Kier alpha value is -1.46. The molecule has 0 spiro atoms. The molecule has 1 fully saturated rings. The molecule has 0 unspecified atom stereocenters. The summed E-state index contributed by atoms with van der Waals surface area (Å²) < 4.78 is 0. The molecule has 19 heavy (non-hydrogen) atoms. The van der Waals surface area contributed by atoms with Crippen LogP contribution in [0.4, 0.5) is 5.69 Å². The number of rotatable bonds is 3. The first-order chi connectivity index (χ1) is 9.06. The summed E-state index contributed by atoms with van der Waals surface area (Å²) in [6, 6.07) is 3.69. The minimum Gasteiger partial charge on any atom is -0.394 e. The normalized spacial score (nSPS) is 27.0. The summed E-state index contributed by atoms with van der Waals surface area (Å²) in [5.41, 5.74) is 6.33. The molecule has 1 aromatic rings. The molecule has 2 rings (SSSR count). The van der Waals surface area contributed by atoms with Crippen LogP contribution in [0.5, 0.6) is 0 Å². The number of carbonyl (C=O) groups excluding carboxylic acids is 1. The lowest BCUT2D eigenvalue weighted by Crippen LogP contribution is -2.48. The van der Waals surface area contributed by atoms with Gasteiger partial charge in [-0.05, 0) is 37.8 Å². The standard InChI is InChI=1S/C14H21N3O2/c1-17(12-3-2-8-16-9-12)13(19)11-4-6-14(15,10-18)7-5-11/h2-3,8-9,11,18H,4-7,10,15H2,1H3. The molecule has 1 aliphatic rings. The van der Waals surface area contributed by atoms with E-state index in [1.807, 2.05) is 12.1 Å². The zero-order valence-corrected chi connectivity index (χ0v) is 11.2. The van der Waals surface area contributed by atoms with E-state index in [0.717, 1.165) is 18.5 Å². The largest absolute Gasteiger partial charge is 0.394 e. The number of anilines is 1. The lowest BCUT2D eigenvalue weighted by atomic mass is 9.77. The van der Waals surface area contributed by atoms with Gasteiger partial charge >= 0.3 is 0 Å². The van der Waals surface area contributed by atoms with E-state index in [1.165, 1.54) is 0 Å². The Kier molecular flexibility index (Phi) is 4.17. The summed E-state index contributed by atoms with van der Waals surface area (Å²) in [5, 5.41) is 9.23. The minimum absolute atomic E-state index is 0.00608. The van der Waals surface area contributed by atoms with Gasteiger partial charge in [0.25, 0.3) is 0 Å². The number of amides is 1. The van der Waals surface area contributed by atoms with E-state index in [9.17, 15) is 9.90 Å². The van der Waals surface area contributed by atoms with Gasteiger partial charge in [-0.25, -0.2) is 0 Å². The van der Waals surface area contributed by atoms with Gasteiger partial charge in [-0.1, -0.05) is 0 Å². The molecule has 3 N–H and O–H groups in total. The van der Waals surface area contributed by atoms with Crippen molar-refractivity contribution in [3.05, 3.63) is 24.5 Å². The van der Waals surface area contributed by atoms with E-state index < -0.39 is 5.54 Å². The van der Waals surface area contributed by atoms with Gasteiger partial charge in [0.2, 0.25) is 5.91 Å². The zero-order valence-electron chi connectivity index (χ0n) is 11.2. The highest BCUT2D eigenvalue weighted by Crippen LogP contribution is 2.31. The predicted molar refractivity (Wildman–Crippen MR) is 73.6 cm³/mol. The molecule has 1 heterocycles. The van der Waals surface area contributed by atoms with E-state index in [1.54, 1.807) is 24.3 Å². The van der Waals surface area contributed by atoms with E-state index in [0.29, 0.717) is 12.8 Å². The fraction of sp³-hybridized carbons (Fsp3) is 0.571. The molecule has 0 atom stereocenters. The first-order valence-corrected chi connectivity index (χ1v) is 6.63. The number of aromatic nitrogens is 1. The number of aliphatic hydroxyl groups is 1. The smallest absolute Gasteiger partial charge is 0.229 e. The van der Waals surface area contributed by atoms with E-state index >= 15 is 0 Å². The van der Waals surface area contributed by atoms with Crippen molar-refractivity contribution in [2.75, 3.05) is 18.6 Å². The maximum absolute atomic E-state index is 12.4. The Morgan fingerprint density at radius 1 is 1.58 bits per heavy atom. The van der Waals surface area contributed by atoms with Crippen LogP contribution in [-0.4, -0.2) is 35.2 Å². The Labute approximate surface area is 113 Å². The molecule has 1 aromatic heterocycles. The number of hydrogen-bond acceptors (Lipinski definition) is 4. The molecule has 0 radical (unpaired) electrons. The second kappa shape index (κ2) is 5.67. The Bertz CT molecular complexity index is 428. The van der Waals surface area contributed by atoms with Crippen LogP contribution in [0.1, 0.15) is 25.7 Å². The highest BCUT2D eigenvalue weighted by atomic mass is 16.3. The maximum Gasteiger partial charge on any atom is 0.229 e. The van der Waals surface area contributed by atoms with Gasteiger partial charge in [0, 0.05) is 24.7 Å². The van der Waals surface area contributed by atoms with Crippen molar-refractivity contribution in [1.29, 1.82) is 0 Å². The Balaban J connectivity index is 1.98.